The van der Waals surface area contributed by atoms with Gasteiger partial charge in [0, 0.05) is 10.6 Å². The van der Waals surface area contributed by atoms with Crippen LogP contribution in [0.4, 0.5) is 0 Å². The summed E-state index contributed by atoms with van der Waals surface area (Å²) in [6, 6.07) is 14.6. The van der Waals surface area contributed by atoms with Crippen LogP contribution >= 0.6 is 11.8 Å². The first-order valence-electron chi connectivity index (χ1n) is 7.45. The van der Waals surface area contributed by atoms with Gasteiger partial charge < -0.3 is 9.90 Å². The average molecular weight is 340 g/mol. The molecular formula is C18H14NO4S-. The van der Waals surface area contributed by atoms with Crippen molar-refractivity contribution in [2.75, 3.05) is 5.75 Å². The largest absolute Gasteiger partial charge is 0.548 e. The topological polar surface area (TPSA) is 77.5 Å². The Bertz CT molecular complexity index is 756. The third-order valence-corrected chi connectivity index (χ3v) is 4.86. The molecule has 0 saturated heterocycles. The van der Waals surface area contributed by atoms with Gasteiger partial charge in [-0.2, -0.15) is 0 Å². The van der Waals surface area contributed by atoms with Crippen molar-refractivity contribution in [2.24, 2.45) is 0 Å². The predicted molar refractivity (Wildman–Crippen MR) is 87.5 cm³/mol. The number of benzene rings is 2. The molecule has 0 saturated carbocycles. The maximum Gasteiger partial charge on any atom is 0.262 e. The summed E-state index contributed by atoms with van der Waals surface area (Å²) in [6.45, 7) is 0. The maximum absolute atomic E-state index is 12.4. The molecule has 3 rings (SSSR count). The highest BCUT2D eigenvalue weighted by atomic mass is 32.2. The number of hydrogen-bond acceptors (Lipinski definition) is 5. The lowest BCUT2D eigenvalue weighted by atomic mass is 10.1. The minimum Gasteiger partial charge on any atom is -0.548 e. The van der Waals surface area contributed by atoms with Crippen LogP contribution < -0.4 is 5.11 Å². The van der Waals surface area contributed by atoms with E-state index in [4.69, 9.17) is 0 Å². The number of aliphatic carboxylic acids is 1. The van der Waals surface area contributed by atoms with E-state index < -0.39 is 23.8 Å². The van der Waals surface area contributed by atoms with Crippen LogP contribution in [0.1, 0.15) is 27.1 Å². The Hall–Kier alpha value is -2.60. The molecule has 0 bridgehead atoms. The number of carbonyl (C=O) groups excluding carboxylic acids is 3. The molecule has 5 nitrogen and oxygen atoms in total. The Morgan fingerprint density at radius 2 is 1.50 bits per heavy atom. The van der Waals surface area contributed by atoms with Gasteiger partial charge in [0.25, 0.3) is 11.8 Å². The second kappa shape index (κ2) is 6.88. The number of thioether (sulfide) groups is 1. The van der Waals surface area contributed by atoms with E-state index in [0.29, 0.717) is 5.75 Å². The fourth-order valence-corrected chi connectivity index (χ4v) is 3.57. The molecule has 0 spiro atoms. The molecule has 1 atom stereocenters. The van der Waals surface area contributed by atoms with Crippen LogP contribution in [-0.2, 0) is 4.79 Å². The Balaban J connectivity index is 1.74. The Morgan fingerprint density at radius 3 is 2.04 bits per heavy atom. The second-order valence-corrected chi connectivity index (χ2v) is 6.48. The van der Waals surface area contributed by atoms with Gasteiger partial charge in [0.05, 0.1) is 23.1 Å². The van der Waals surface area contributed by atoms with Crippen molar-refractivity contribution in [3.05, 3.63) is 65.7 Å². The normalized spacial score (nSPS) is 14.6. The highest BCUT2D eigenvalue weighted by Crippen LogP contribution is 2.27. The average Bonchev–Trinajstić information content (AvgIpc) is 2.84. The van der Waals surface area contributed by atoms with Gasteiger partial charge in [0.1, 0.15) is 0 Å². The number of carboxylic acids is 1. The van der Waals surface area contributed by atoms with Gasteiger partial charge in [-0.3, -0.25) is 14.5 Å². The third kappa shape index (κ3) is 3.05. The summed E-state index contributed by atoms with van der Waals surface area (Å²) in [4.78, 5) is 38.1. The van der Waals surface area contributed by atoms with Crippen molar-refractivity contribution < 1.29 is 19.5 Å². The predicted octanol–water partition coefficient (Wildman–Crippen LogP) is 1.58. The molecule has 0 aromatic heterocycles. The van der Waals surface area contributed by atoms with Crippen LogP contribution in [0.5, 0.6) is 0 Å². The Kier molecular flexibility index (Phi) is 4.66. The number of imide groups is 1. The molecule has 2 aromatic rings. The number of rotatable bonds is 6. The standard InChI is InChI=1S/C18H15NO4S/c20-16-13-8-4-5-9-14(13)17(21)19(16)15(18(22)23)10-11-24-12-6-2-1-3-7-12/h1-9,15H,10-11H2,(H,22,23)/p-1/t15-/m0/s1. The lowest BCUT2D eigenvalue weighted by molar-refractivity contribution is -0.310. The molecule has 1 aliphatic rings. The fourth-order valence-electron chi connectivity index (χ4n) is 2.65. The summed E-state index contributed by atoms with van der Waals surface area (Å²) >= 11 is 1.47. The first-order valence-corrected chi connectivity index (χ1v) is 8.44. The lowest BCUT2D eigenvalue weighted by Gasteiger charge is -2.26. The summed E-state index contributed by atoms with van der Waals surface area (Å²) in [5.74, 6) is -2.11. The molecule has 122 valence electrons. The van der Waals surface area contributed by atoms with Crippen LogP contribution in [0.2, 0.25) is 0 Å². The first-order chi connectivity index (χ1) is 11.6. The summed E-state index contributed by atoms with van der Waals surface area (Å²) in [5, 5.41) is 11.5. The van der Waals surface area contributed by atoms with E-state index in [1.165, 1.54) is 23.9 Å². The molecule has 2 aromatic carbocycles. The van der Waals surface area contributed by atoms with E-state index in [0.717, 1.165) is 9.80 Å². The lowest BCUT2D eigenvalue weighted by Crippen LogP contribution is -2.50. The number of amides is 2. The van der Waals surface area contributed by atoms with E-state index >= 15 is 0 Å². The fraction of sp³-hybridized carbons (Fsp3) is 0.167. The van der Waals surface area contributed by atoms with Gasteiger partial charge in [0.15, 0.2) is 0 Å². The highest BCUT2D eigenvalue weighted by Gasteiger charge is 2.40. The quantitative estimate of drug-likeness (QED) is 0.589. The number of carbonyl (C=O) groups is 3. The van der Waals surface area contributed by atoms with Gasteiger partial charge in [-0.15, -0.1) is 11.8 Å². The monoisotopic (exact) mass is 340 g/mol. The summed E-state index contributed by atoms with van der Waals surface area (Å²) in [6.07, 6.45) is 0.132. The van der Waals surface area contributed by atoms with Crippen molar-refractivity contribution in [3.63, 3.8) is 0 Å². The van der Waals surface area contributed by atoms with Gasteiger partial charge in [-0.25, -0.2) is 0 Å². The van der Waals surface area contributed by atoms with Crippen molar-refractivity contribution >= 4 is 29.5 Å². The van der Waals surface area contributed by atoms with Crippen molar-refractivity contribution in [1.29, 1.82) is 0 Å². The summed E-state index contributed by atoms with van der Waals surface area (Å²) in [7, 11) is 0. The summed E-state index contributed by atoms with van der Waals surface area (Å²) in [5.41, 5.74) is 0.480. The van der Waals surface area contributed by atoms with E-state index in [1.54, 1.807) is 12.1 Å². The number of nitrogens with zero attached hydrogens (tertiary/aromatic N) is 1. The van der Waals surface area contributed by atoms with Gasteiger partial charge >= 0.3 is 0 Å². The van der Waals surface area contributed by atoms with Crippen LogP contribution in [0.25, 0.3) is 0 Å². The molecule has 6 heteroatoms. The van der Waals surface area contributed by atoms with E-state index in [-0.39, 0.29) is 17.5 Å². The van der Waals surface area contributed by atoms with Crippen molar-refractivity contribution in [1.82, 2.24) is 4.90 Å². The molecule has 24 heavy (non-hydrogen) atoms. The minimum absolute atomic E-state index is 0.132. The van der Waals surface area contributed by atoms with Crippen molar-refractivity contribution in [3.8, 4) is 0 Å². The zero-order valence-corrected chi connectivity index (χ0v) is 13.5. The second-order valence-electron chi connectivity index (χ2n) is 5.31. The summed E-state index contributed by atoms with van der Waals surface area (Å²) < 4.78 is 0. The number of fused-ring (bicyclic) bond motifs is 1. The van der Waals surface area contributed by atoms with Gasteiger partial charge in [-0.05, 0) is 30.7 Å². The zero-order chi connectivity index (χ0) is 17.1. The molecule has 0 radical (unpaired) electrons. The minimum atomic E-state index is -1.42. The Labute approximate surface area is 143 Å². The van der Waals surface area contributed by atoms with Gasteiger partial charge in [-0.1, -0.05) is 30.3 Å². The molecule has 0 fully saturated rings. The van der Waals surface area contributed by atoms with Crippen LogP contribution in [0.15, 0.2) is 59.5 Å². The van der Waals surface area contributed by atoms with E-state index in [9.17, 15) is 19.5 Å². The van der Waals surface area contributed by atoms with Crippen LogP contribution in [-0.4, -0.2) is 34.5 Å². The van der Waals surface area contributed by atoms with E-state index in [2.05, 4.69) is 0 Å². The first kappa shape index (κ1) is 16.3. The molecule has 0 N–H and O–H groups in total. The third-order valence-electron chi connectivity index (χ3n) is 3.81. The Morgan fingerprint density at radius 1 is 0.958 bits per heavy atom. The smallest absolute Gasteiger partial charge is 0.262 e. The maximum atomic E-state index is 12.4. The number of hydrogen-bond donors (Lipinski definition) is 0. The molecule has 1 heterocycles. The molecular weight excluding hydrogens is 326 g/mol. The molecule has 1 aliphatic heterocycles. The highest BCUT2D eigenvalue weighted by molar-refractivity contribution is 7.99. The van der Waals surface area contributed by atoms with Crippen LogP contribution in [0.3, 0.4) is 0 Å². The van der Waals surface area contributed by atoms with E-state index in [1.807, 2.05) is 30.3 Å². The van der Waals surface area contributed by atoms with Gasteiger partial charge in [0.2, 0.25) is 0 Å². The molecule has 0 unspecified atom stereocenters. The molecule has 0 aliphatic carbocycles. The van der Waals surface area contributed by atoms with Crippen LogP contribution in [0, 0.1) is 0 Å². The number of carboxylic acid groups (broad SMARTS) is 1. The molecule has 2 amide bonds. The zero-order valence-electron chi connectivity index (χ0n) is 12.7. The van der Waals surface area contributed by atoms with Crippen molar-refractivity contribution in [2.45, 2.75) is 17.4 Å². The SMILES string of the molecule is O=C([O-])[C@H](CCSc1ccccc1)N1C(=O)c2ccccc2C1=O.